The third-order valence-corrected chi connectivity index (χ3v) is 3.91. The van der Waals surface area contributed by atoms with Gasteiger partial charge in [0.1, 0.15) is 0 Å². The lowest BCUT2D eigenvalue weighted by Crippen LogP contribution is -2.41. The zero-order valence-corrected chi connectivity index (χ0v) is 13.2. The van der Waals surface area contributed by atoms with E-state index in [9.17, 15) is 0 Å². The van der Waals surface area contributed by atoms with Gasteiger partial charge in [-0.05, 0) is 32.6 Å². The van der Waals surface area contributed by atoms with E-state index in [0.717, 1.165) is 6.61 Å². The predicted octanol–water partition coefficient (Wildman–Crippen LogP) is 4.30. The number of hydrogen-bond donors (Lipinski definition) is 1. The van der Waals surface area contributed by atoms with E-state index < -0.39 is 0 Å². The van der Waals surface area contributed by atoms with E-state index in [-0.39, 0.29) is 17.9 Å². The Kier molecular flexibility index (Phi) is 9.27. The third kappa shape index (κ3) is 8.34. The minimum absolute atomic E-state index is 0. The number of rotatable bonds is 10. The van der Waals surface area contributed by atoms with Crippen molar-refractivity contribution in [1.82, 2.24) is 0 Å². The van der Waals surface area contributed by atoms with Crippen molar-refractivity contribution in [3.63, 3.8) is 0 Å². The van der Waals surface area contributed by atoms with Crippen LogP contribution >= 0.6 is 12.4 Å². The predicted molar refractivity (Wildman–Crippen MR) is 81.4 cm³/mol. The monoisotopic (exact) mass is 277 g/mol. The van der Waals surface area contributed by atoms with Gasteiger partial charge in [0.2, 0.25) is 0 Å². The van der Waals surface area contributed by atoms with Gasteiger partial charge in [0, 0.05) is 5.54 Å². The van der Waals surface area contributed by atoms with Crippen molar-refractivity contribution in [2.45, 2.75) is 83.8 Å². The van der Waals surface area contributed by atoms with E-state index in [4.69, 9.17) is 10.5 Å². The molecular weight excluding hydrogens is 246 g/mol. The lowest BCUT2D eigenvalue weighted by atomic mass is 9.81. The van der Waals surface area contributed by atoms with Crippen molar-refractivity contribution >= 4 is 12.4 Å². The molecule has 2 N–H and O–H groups in total. The van der Waals surface area contributed by atoms with Gasteiger partial charge < -0.3 is 10.5 Å². The number of epoxide rings is 1. The highest BCUT2D eigenvalue weighted by atomic mass is 35.5. The van der Waals surface area contributed by atoms with Gasteiger partial charge in [-0.15, -0.1) is 12.4 Å². The van der Waals surface area contributed by atoms with Gasteiger partial charge in [-0.3, -0.25) is 0 Å². The Bertz CT molecular complexity index is 199. The molecule has 110 valence electrons. The van der Waals surface area contributed by atoms with Gasteiger partial charge in [-0.2, -0.15) is 0 Å². The molecule has 1 rings (SSSR count). The summed E-state index contributed by atoms with van der Waals surface area (Å²) < 4.78 is 5.34. The van der Waals surface area contributed by atoms with E-state index in [1.807, 2.05) is 0 Å². The molecule has 1 saturated heterocycles. The first-order chi connectivity index (χ1) is 8.04. The number of ether oxygens (including phenoxy) is 1. The van der Waals surface area contributed by atoms with Gasteiger partial charge >= 0.3 is 0 Å². The lowest BCUT2D eigenvalue weighted by Gasteiger charge is -2.30. The zero-order chi connectivity index (χ0) is 12.7. The molecule has 0 spiro atoms. The fourth-order valence-electron chi connectivity index (χ4n) is 2.49. The third-order valence-electron chi connectivity index (χ3n) is 3.91. The summed E-state index contributed by atoms with van der Waals surface area (Å²) in [6.07, 6.45) is 11.2. The fraction of sp³-hybridized carbons (Fsp3) is 1.00. The zero-order valence-electron chi connectivity index (χ0n) is 12.4. The normalized spacial score (nSPS) is 20.3. The van der Waals surface area contributed by atoms with Gasteiger partial charge in [0.15, 0.2) is 0 Å². The van der Waals surface area contributed by atoms with Crippen LogP contribution in [-0.2, 0) is 4.74 Å². The standard InChI is InChI=1S/C15H31NO.ClH/c1-4-5-6-7-8-9-10-13(15(2,3)16)11-14-12-17-14;/h13-14H,4-12,16H2,1-3H3;1H. The van der Waals surface area contributed by atoms with Crippen molar-refractivity contribution in [2.75, 3.05) is 6.61 Å². The lowest BCUT2D eigenvalue weighted by molar-refractivity contribution is 0.245. The minimum Gasteiger partial charge on any atom is -0.373 e. The maximum atomic E-state index is 6.26. The Labute approximate surface area is 119 Å². The van der Waals surface area contributed by atoms with Crippen LogP contribution in [0.3, 0.4) is 0 Å². The van der Waals surface area contributed by atoms with Crippen molar-refractivity contribution in [3.05, 3.63) is 0 Å². The van der Waals surface area contributed by atoms with Gasteiger partial charge in [0.05, 0.1) is 12.7 Å². The summed E-state index contributed by atoms with van der Waals surface area (Å²) >= 11 is 0. The van der Waals surface area contributed by atoms with Gasteiger partial charge in [-0.1, -0.05) is 45.4 Å². The largest absolute Gasteiger partial charge is 0.373 e. The van der Waals surface area contributed by atoms with E-state index >= 15 is 0 Å². The summed E-state index contributed by atoms with van der Waals surface area (Å²) in [6, 6.07) is 0. The SMILES string of the molecule is CCCCCCCCC(CC1CO1)C(C)(C)N.Cl. The molecular formula is C15H32ClNO. The fourth-order valence-corrected chi connectivity index (χ4v) is 2.49. The summed E-state index contributed by atoms with van der Waals surface area (Å²) in [7, 11) is 0. The average Bonchev–Trinajstić information content (AvgIpc) is 3.03. The molecule has 0 bridgehead atoms. The molecule has 1 aliphatic rings. The number of nitrogens with two attached hydrogens (primary N) is 1. The average molecular weight is 278 g/mol. The Morgan fingerprint density at radius 3 is 2.22 bits per heavy atom. The van der Waals surface area contributed by atoms with Crippen LogP contribution in [0, 0.1) is 5.92 Å². The molecule has 2 unspecified atom stereocenters. The van der Waals surface area contributed by atoms with Crippen LogP contribution in [0.1, 0.15) is 72.1 Å². The van der Waals surface area contributed by atoms with E-state index in [2.05, 4.69) is 20.8 Å². The highest BCUT2D eigenvalue weighted by Gasteiger charge is 2.32. The van der Waals surface area contributed by atoms with Crippen LogP contribution in [0.2, 0.25) is 0 Å². The van der Waals surface area contributed by atoms with Gasteiger partial charge in [-0.25, -0.2) is 0 Å². The van der Waals surface area contributed by atoms with Crippen molar-refractivity contribution in [2.24, 2.45) is 11.7 Å². The summed E-state index contributed by atoms with van der Waals surface area (Å²) in [5, 5.41) is 0. The van der Waals surface area contributed by atoms with Crippen LogP contribution < -0.4 is 5.73 Å². The maximum absolute atomic E-state index is 6.26. The van der Waals surface area contributed by atoms with Crippen LogP contribution in [0.4, 0.5) is 0 Å². The Balaban J connectivity index is 0.00000289. The van der Waals surface area contributed by atoms with Crippen LogP contribution in [0.25, 0.3) is 0 Å². The first-order valence-corrected chi connectivity index (χ1v) is 7.44. The molecule has 18 heavy (non-hydrogen) atoms. The molecule has 2 nitrogen and oxygen atoms in total. The van der Waals surface area contributed by atoms with Crippen LogP contribution in [0.5, 0.6) is 0 Å². The molecule has 2 atom stereocenters. The maximum Gasteiger partial charge on any atom is 0.0813 e. The first-order valence-electron chi connectivity index (χ1n) is 7.44. The number of unbranched alkanes of at least 4 members (excludes halogenated alkanes) is 5. The van der Waals surface area contributed by atoms with Crippen LogP contribution in [-0.4, -0.2) is 18.2 Å². The molecule has 1 fully saturated rings. The van der Waals surface area contributed by atoms with E-state index in [1.54, 1.807) is 0 Å². The smallest absolute Gasteiger partial charge is 0.0813 e. The molecule has 0 aromatic carbocycles. The Morgan fingerprint density at radius 2 is 1.72 bits per heavy atom. The quantitative estimate of drug-likeness (QED) is 0.478. The second-order valence-corrected chi connectivity index (χ2v) is 6.27. The molecule has 1 heterocycles. The van der Waals surface area contributed by atoms with Crippen molar-refractivity contribution in [3.8, 4) is 0 Å². The number of halogens is 1. The van der Waals surface area contributed by atoms with Crippen LogP contribution in [0.15, 0.2) is 0 Å². The molecule has 1 aliphatic heterocycles. The molecule has 3 heteroatoms. The summed E-state index contributed by atoms with van der Waals surface area (Å²) in [6.45, 7) is 7.56. The van der Waals surface area contributed by atoms with Gasteiger partial charge in [0.25, 0.3) is 0 Å². The Morgan fingerprint density at radius 1 is 1.17 bits per heavy atom. The van der Waals surface area contributed by atoms with Crippen molar-refractivity contribution < 1.29 is 4.74 Å². The molecule has 0 aliphatic carbocycles. The summed E-state index contributed by atoms with van der Waals surface area (Å²) in [5.41, 5.74) is 6.22. The topological polar surface area (TPSA) is 38.5 Å². The molecule has 0 amide bonds. The molecule has 0 saturated carbocycles. The molecule has 0 aromatic rings. The second kappa shape index (κ2) is 9.17. The first kappa shape index (κ1) is 18.2. The highest BCUT2D eigenvalue weighted by molar-refractivity contribution is 5.85. The summed E-state index contributed by atoms with van der Waals surface area (Å²) in [4.78, 5) is 0. The molecule has 0 aromatic heterocycles. The number of hydrogen-bond acceptors (Lipinski definition) is 2. The molecule has 0 radical (unpaired) electrons. The van der Waals surface area contributed by atoms with E-state index in [1.165, 1.54) is 51.4 Å². The Hall–Kier alpha value is 0.210. The van der Waals surface area contributed by atoms with Crippen molar-refractivity contribution in [1.29, 1.82) is 0 Å². The summed E-state index contributed by atoms with van der Waals surface area (Å²) in [5.74, 6) is 0.626. The second-order valence-electron chi connectivity index (χ2n) is 6.27. The minimum atomic E-state index is -0.0463. The highest BCUT2D eigenvalue weighted by Crippen LogP contribution is 2.30. The van der Waals surface area contributed by atoms with E-state index in [0.29, 0.717) is 12.0 Å².